The summed E-state index contributed by atoms with van der Waals surface area (Å²) in [5, 5.41) is 3.15. The molecular weight excluding hydrogens is 276 g/mol. The van der Waals surface area contributed by atoms with Crippen molar-refractivity contribution in [3.8, 4) is 0 Å². The van der Waals surface area contributed by atoms with Crippen LogP contribution >= 0.6 is 0 Å². The summed E-state index contributed by atoms with van der Waals surface area (Å²) in [7, 11) is 0. The second kappa shape index (κ2) is 7.75. The van der Waals surface area contributed by atoms with Gasteiger partial charge in [-0.15, -0.1) is 0 Å². The molecule has 1 saturated carbocycles. The minimum absolute atomic E-state index is 0.0267. The Labute approximate surface area is 132 Å². The van der Waals surface area contributed by atoms with Gasteiger partial charge >= 0.3 is 0 Å². The van der Waals surface area contributed by atoms with E-state index in [0.29, 0.717) is 19.1 Å². The molecule has 0 spiro atoms. The van der Waals surface area contributed by atoms with Gasteiger partial charge in [0.05, 0.1) is 19.1 Å². The van der Waals surface area contributed by atoms with Crippen molar-refractivity contribution in [2.45, 2.75) is 50.8 Å². The summed E-state index contributed by atoms with van der Waals surface area (Å²) in [6, 6.07) is 10.9. The first-order valence-corrected chi connectivity index (χ1v) is 8.47. The molecule has 3 rings (SSSR count). The number of carbonyl (C=O) groups is 1. The quantitative estimate of drug-likeness (QED) is 0.907. The van der Waals surface area contributed by atoms with Gasteiger partial charge in [-0.3, -0.25) is 9.69 Å². The molecule has 2 fully saturated rings. The van der Waals surface area contributed by atoms with Gasteiger partial charge in [-0.1, -0.05) is 43.2 Å². The van der Waals surface area contributed by atoms with Crippen LogP contribution in [0.4, 0.5) is 0 Å². The number of benzene rings is 1. The molecular formula is C18H26N2O2. The van der Waals surface area contributed by atoms with Crippen LogP contribution in [-0.2, 0) is 16.1 Å². The molecule has 0 bridgehead atoms. The summed E-state index contributed by atoms with van der Waals surface area (Å²) < 4.78 is 5.78. The Hall–Kier alpha value is -1.39. The van der Waals surface area contributed by atoms with Crippen molar-refractivity contribution in [1.82, 2.24) is 10.2 Å². The lowest BCUT2D eigenvalue weighted by atomic mass is 10.1. The van der Waals surface area contributed by atoms with Crippen molar-refractivity contribution in [2.75, 3.05) is 19.7 Å². The molecule has 1 unspecified atom stereocenters. The summed E-state index contributed by atoms with van der Waals surface area (Å²) in [5.74, 6) is 0.151. The Morgan fingerprint density at radius 1 is 1.23 bits per heavy atom. The van der Waals surface area contributed by atoms with Crippen LogP contribution in [0.5, 0.6) is 0 Å². The van der Waals surface area contributed by atoms with Crippen LogP contribution in [0.25, 0.3) is 0 Å². The fraction of sp³-hybridized carbons (Fsp3) is 0.611. The second-order valence-electron chi connectivity index (χ2n) is 6.47. The molecule has 1 aliphatic carbocycles. The van der Waals surface area contributed by atoms with E-state index in [1.54, 1.807) is 0 Å². The SMILES string of the molecule is O=C(CC1CN(Cc2ccccc2)CCO1)NC1CCCC1. The number of carbonyl (C=O) groups excluding carboxylic acids is 1. The molecule has 120 valence electrons. The van der Waals surface area contributed by atoms with E-state index in [4.69, 9.17) is 4.74 Å². The molecule has 0 aromatic heterocycles. The maximum Gasteiger partial charge on any atom is 0.222 e. The first-order valence-electron chi connectivity index (χ1n) is 8.47. The Morgan fingerprint density at radius 3 is 2.77 bits per heavy atom. The average molecular weight is 302 g/mol. The van der Waals surface area contributed by atoms with Gasteiger partial charge in [0.2, 0.25) is 5.91 Å². The third-order valence-corrected chi connectivity index (χ3v) is 4.61. The number of hydrogen-bond donors (Lipinski definition) is 1. The van der Waals surface area contributed by atoms with Crippen molar-refractivity contribution in [3.63, 3.8) is 0 Å². The van der Waals surface area contributed by atoms with E-state index in [0.717, 1.165) is 32.5 Å². The maximum absolute atomic E-state index is 12.1. The predicted octanol–water partition coefficient (Wildman–Crippen LogP) is 2.34. The molecule has 1 aromatic carbocycles. The zero-order valence-corrected chi connectivity index (χ0v) is 13.2. The lowest BCUT2D eigenvalue weighted by molar-refractivity contribution is -0.126. The van der Waals surface area contributed by atoms with Crippen molar-refractivity contribution in [1.29, 1.82) is 0 Å². The number of hydrogen-bond acceptors (Lipinski definition) is 3. The standard InChI is InChI=1S/C18H26N2O2/c21-18(19-16-8-4-5-9-16)12-17-14-20(10-11-22-17)13-15-6-2-1-3-7-15/h1-3,6-7,16-17H,4-5,8-14H2,(H,19,21). The lowest BCUT2D eigenvalue weighted by Gasteiger charge is -2.32. The number of rotatable bonds is 5. The van der Waals surface area contributed by atoms with E-state index in [1.165, 1.54) is 18.4 Å². The van der Waals surface area contributed by atoms with E-state index in [1.807, 2.05) is 6.07 Å². The van der Waals surface area contributed by atoms with E-state index < -0.39 is 0 Å². The highest BCUT2D eigenvalue weighted by atomic mass is 16.5. The molecule has 4 nitrogen and oxygen atoms in total. The van der Waals surface area contributed by atoms with E-state index >= 15 is 0 Å². The first kappa shape index (κ1) is 15.5. The van der Waals surface area contributed by atoms with E-state index in [-0.39, 0.29) is 12.0 Å². The van der Waals surface area contributed by atoms with Crippen LogP contribution in [-0.4, -0.2) is 42.6 Å². The van der Waals surface area contributed by atoms with Gasteiger partial charge < -0.3 is 10.1 Å². The van der Waals surface area contributed by atoms with Crippen molar-refractivity contribution < 1.29 is 9.53 Å². The third-order valence-electron chi connectivity index (χ3n) is 4.61. The van der Waals surface area contributed by atoms with E-state index in [9.17, 15) is 4.79 Å². The Morgan fingerprint density at radius 2 is 2.00 bits per heavy atom. The summed E-state index contributed by atoms with van der Waals surface area (Å²) in [5.41, 5.74) is 1.32. The Bertz CT molecular complexity index is 471. The van der Waals surface area contributed by atoms with Crippen LogP contribution < -0.4 is 5.32 Å². The Balaban J connectivity index is 1.44. The summed E-state index contributed by atoms with van der Waals surface area (Å²) in [4.78, 5) is 14.5. The van der Waals surface area contributed by atoms with Crippen molar-refractivity contribution >= 4 is 5.91 Å². The topological polar surface area (TPSA) is 41.6 Å². The van der Waals surface area contributed by atoms with E-state index in [2.05, 4.69) is 34.5 Å². The van der Waals surface area contributed by atoms with Gasteiger partial charge in [0.25, 0.3) is 0 Å². The third kappa shape index (κ3) is 4.55. The number of nitrogens with one attached hydrogen (secondary N) is 1. The highest BCUT2D eigenvalue weighted by molar-refractivity contribution is 5.76. The zero-order chi connectivity index (χ0) is 15.2. The van der Waals surface area contributed by atoms with Gasteiger partial charge in [0, 0.05) is 25.7 Å². The largest absolute Gasteiger partial charge is 0.375 e. The van der Waals surface area contributed by atoms with Gasteiger partial charge in [-0.25, -0.2) is 0 Å². The number of ether oxygens (including phenoxy) is 1. The Kier molecular flexibility index (Phi) is 5.46. The van der Waals surface area contributed by atoms with Crippen molar-refractivity contribution in [2.24, 2.45) is 0 Å². The van der Waals surface area contributed by atoms with Crippen molar-refractivity contribution in [3.05, 3.63) is 35.9 Å². The van der Waals surface area contributed by atoms with Crippen LogP contribution in [0.2, 0.25) is 0 Å². The second-order valence-corrected chi connectivity index (χ2v) is 6.47. The monoisotopic (exact) mass is 302 g/mol. The average Bonchev–Trinajstić information content (AvgIpc) is 3.01. The van der Waals surface area contributed by atoms with Gasteiger partial charge in [0.1, 0.15) is 0 Å². The van der Waals surface area contributed by atoms with Crippen LogP contribution in [0.15, 0.2) is 30.3 Å². The highest BCUT2D eigenvalue weighted by Crippen LogP contribution is 2.18. The minimum atomic E-state index is 0.0267. The first-order chi connectivity index (χ1) is 10.8. The number of amides is 1. The molecule has 22 heavy (non-hydrogen) atoms. The van der Waals surface area contributed by atoms with Gasteiger partial charge in [-0.05, 0) is 18.4 Å². The smallest absolute Gasteiger partial charge is 0.222 e. The number of nitrogens with zero attached hydrogens (tertiary/aromatic N) is 1. The minimum Gasteiger partial charge on any atom is -0.375 e. The zero-order valence-electron chi connectivity index (χ0n) is 13.2. The summed E-state index contributed by atoms with van der Waals surface area (Å²) >= 11 is 0. The summed E-state index contributed by atoms with van der Waals surface area (Å²) in [6.45, 7) is 3.43. The molecule has 1 N–H and O–H groups in total. The predicted molar refractivity (Wildman–Crippen MR) is 86.5 cm³/mol. The molecule has 0 radical (unpaired) electrons. The lowest BCUT2D eigenvalue weighted by Crippen LogP contribution is -2.45. The highest BCUT2D eigenvalue weighted by Gasteiger charge is 2.24. The molecule has 4 heteroatoms. The fourth-order valence-corrected chi connectivity index (χ4v) is 3.45. The fourth-order valence-electron chi connectivity index (χ4n) is 3.45. The molecule has 1 saturated heterocycles. The van der Waals surface area contributed by atoms with Gasteiger partial charge in [0.15, 0.2) is 0 Å². The molecule has 1 aromatic rings. The van der Waals surface area contributed by atoms with Gasteiger partial charge in [-0.2, -0.15) is 0 Å². The molecule has 1 amide bonds. The summed E-state index contributed by atoms with van der Waals surface area (Å²) in [6.07, 6.45) is 5.28. The van der Waals surface area contributed by atoms with Crippen LogP contribution in [0.1, 0.15) is 37.7 Å². The number of morpholine rings is 1. The molecule has 1 aliphatic heterocycles. The van der Waals surface area contributed by atoms with Crippen LogP contribution in [0, 0.1) is 0 Å². The normalized spacial score (nSPS) is 23.5. The maximum atomic E-state index is 12.1. The molecule has 1 atom stereocenters. The van der Waals surface area contributed by atoms with Crippen LogP contribution in [0.3, 0.4) is 0 Å². The molecule has 1 heterocycles. The molecule has 2 aliphatic rings.